The molecule has 0 saturated heterocycles. The Morgan fingerprint density at radius 2 is 2.09 bits per heavy atom. The second kappa shape index (κ2) is 5.70. The molecule has 0 aromatic heterocycles. The maximum absolute atomic E-state index is 10.7. The van der Waals surface area contributed by atoms with Crippen molar-refractivity contribution in [3.8, 4) is 0 Å². The lowest BCUT2D eigenvalue weighted by atomic mass is 10.3. The third-order valence-electron chi connectivity index (χ3n) is 1.09. The molecule has 0 aliphatic heterocycles. The molecule has 0 rings (SSSR count). The molecule has 0 bridgehead atoms. The molecule has 0 atom stereocenters. The minimum absolute atomic E-state index is 0.129. The Kier molecular flexibility index (Phi) is 5.15. The fourth-order valence-electron chi connectivity index (χ4n) is 0.557. The maximum Gasteiger partial charge on any atom is 0.224 e. The molecule has 0 aromatic carbocycles. The van der Waals surface area contributed by atoms with Gasteiger partial charge < -0.3 is 10.6 Å². The monoisotopic (exact) mass is 157 g/mol. The van der Waals surface area contributed by atoms with E-state index in [1.54, 1.807) is 0 Å². The summed E-state index contributed by atoms with van der Waals surface area (Å²) in [6.07, 6.45) is 1.46. The first-order valence-electron chi connectivity index (χ1n) is 3.52. The molecule has 4 heteroatoms. The van der Waals surface area contributed by atoms with Crippen LogP contribution in [0, 0.1) is 6.42 Å². The zero-order chi connectivity index (χ0) is 8.69. The van der Waals surface area contributed by atoms with Crippen molar-refractivity contribution in [1.29, 1.82) is 0 Å². The van der Waals surface area contributed by atoms with Gasteiger partial charge >= 0.3 is 0 Å². The lowest BCUT2D eigenvalue weighted by Gasteiger charge is -1.99. The summed E-state index contributed by atoms with van der Waals surface area (Å²) in [5, 5.41) is 4.96. The maximum atomic E-state index is 10.7. The Morgan fingerprint density at radius 1 is 1.45 bits per heavy atom. The van der Waals surface area contributed by atoms with Crippen LogP contribution < -0.4 is 10.6 Å². The van der Waals surface area contributed by atoms with E-state index in [-0.39, 0.29) is 18.2 Å². The van der Waals surface area contributed by atoms with Gasteiger partial charge in [-0.3, -0.25) is 9.59 Å². The second-order valence-electron chi connectivity index (χ2n) is 1.98. The molecule has 2 amide bonds. The summed E-state index contributed by atoms with van der Waals surface area (Å²) in [4.78, 5) is 21.3. The van der Waals surface area contributed by atoms with E-state index in [1.165, 1.54) is 13.5 Å². The highest BCUT2D eigenvalue weighted by Crippen LogP contribution is 1.85. The normalized spacial score (nSPS) is 8.91. The van der Waals surface area contributed by atoms with E-state index >= 15 is 0 Å². The van der Waals surface area contributed by atoms with E-state index in [0.29, 0.717) is 6.54 Å². The number of rotatable bonds is 4. The van der Waals surface area contributed by atoms with Crippen molar-refractivity contribution in [1.82, 2.24) is 10.6 Å². The van der Waals surface area contributed by atoms with Crippen LogP contribution >= 0.6 is 0 Å². The Bertz CT molecular complexity index is 145. The first-order valence-corrected chi connectivity index (χ1v) is 3.52. The van der Waals surface area contributed by atoms with Crippen molar-refractivity contribution in [2.24, 2.45) is 0 Å². The molecule has 0 heterocycles. The number of hydrogen-bond donors (Lipinski definition) is 2. The van der Waals surface area contributed by atoms with E-state index in [2.05, 4.69) is 10.6 Å². The highest BCUT2D eigenvalue weighted by Gasteiger charge is 2.03. The van der Waals surface area contributed by atoms with Crippen LogP contribution in [0.2, 0.25) is 0 Å². The molecule has 0 spiro atoms. The Balaban J connectivity index is 3.38. The molecule has 1 radical (unpaired) electrons. The molecule has 2 N–H and O–H groups in total. The molecular formula is C7H13N2O2. The van der Waals surface area contributed by atoms with Crippen LogP contribution in [0.3, 0.4) is 0 Å². The molecule has 0 aromatic rings. The number of hydrogen-bond acceptors (Lipinski definition) is 2. The van der Waals surface area contributed by atoms with Gasteiger partial charge in [0, 0.05) is 20.0 Å². The zero-order valence-corrected chi connectivity index (χ0v) is 6.81. The van der Waals surface area contributed by atoms with Gasteiger partial charge in [0.05, 0.1) is 6.42 Å². The molecule has 0 aliphatic rings. The van der Waals surface area contributed by atoms with Gasteiger partial charge in [0.2, 0.25) is 11.8 Å². The van der Waals surface area contributed by atoms with E-state index < -0.39 is 0 Å². The van der Waals surface area contributed by atoms with E-state index in [4.69, 9.17) is 0 Å². The Morgan fingerprint density at radius 3 is 2.55 bits per heavy atom. The number of nitrogens with one attached hydrogen (secondary N) is 2. The van der Waals surface area contributed by atoms with E-state index in [1.807, 2.05) is 6.92 Å². The van der Waals surface area contributed by atoms with E-state index in [0.717, 1.165) is 0 Å². The van der Waals surface area contributed by atoms with Crippen LogP contribution in [-0.2, 0) is 9.59 Å². The zero-order valence-electron chi connectivity index (χ0n) is 6.81. The topological polar surface area (TPSA) is 58.2 Å². The lowest BCUT2D eigenvalue weighted by molar-refractivity contribution is -0.123. The van der Waals surface area contributed by atoms with Crippen molar-refractivity contribution in [2.75, 3.05) is 13.6 Å². The molecule has 0 fully saturated rings. The van der Waals surface area contributed by atoms with Crippen LogP contribution in [0.15, 0.2) is 0 Å². The first kappa shape index (κ1) is 9.94. The minimum atomic E-state index is -0.226. The van der Waals surface area contributed by atoms with Gasteiger partial charge in [-0.25, -0.2) is 0 Å². The predicted molar refractivity (Wildman–Crippen MR) is 41.7 cm³/mol. The number of amides is 2. The minimum Gasteiger partial charge on any atom is -0.359 e. The van der Waals surface area contributed by atoms with Crippen LogP contribution in [0.5, 0.6) is 0 Å². The van der Waals surface area contributed by atoms with Crippen LogP contribution in [0.1, 0.15) is 13.3 Å². The average Bonchev–Trinajstić information content (AvgIpc) is 2.01. The largest absolute Gasteiger partial charge is 0.359 e. The summed E-state index contributed by atoms with van der Waals surface area (Å²) >= 11 is 0. The third-order valence-corrected chi connectivity index (χ3v) is 1.09. The molecule has 0 aliphatic carbocycles. The smallest absolute Gasteiger partial charge is 0.224 e. The fourth-order valence-corrected chi connectivity index (χ4v) is 0.557. The van der Waals surface area contributed by atoms with Crippen LogP contribution in [0.25, 0.3) is 0 Å². The summed E-state index contributed by atoms with van der Waals surface area (Å²) in [6, 6.07) is 0. The summed E-state index contributed by atoms with van der Waals surface area (Å²) in [6.45, 7) is 2.43. The summed E-state index contributed by atoms with van der Waals surface area (Å²) in [7, 11) is 1.52. The van der Waals surface area contributed by atoms with Crippen molar-refractivity contribution >= 4 is 11.8 Å². The van der Waals surface area contributed by atoms with Gasteiger partial charge in [0.1, 0.15) is 0 Å². The Labute approximate surface area is 66.4 Å². The van der Waals surface area contributed by atoms with Gasteiger partial charge in [-0.15, -0.1) is 0 Å². The molecule has 0 saturated carbocycles. The highest BCUT2D eigenvalue weighted by molar-refractivity contribution is 5.90. The summed E-state index contributed by atoms with van der Waals surface area (Å²) in [5.41, 5.74) is 0. The lowest BCUT2D eigenvalue weighted by Crippen LogP contribution is -2.26. The second-order valence-corrected chi connectivity index (χ2v) is 1.98. The molecule has 4 nitrogen and oxygen atoms in total. The van der Waals surface area contributed by atoms with Crippen molar-refractivity contribution in [3.05, 3.63) is 6.42 Å². The average molecular weight is 157 g/mol. The molecule has 11 heavy (non-hydrogen) atoms. The van der Waals surface area contributed by atoms with Gasteiger partial charge in [0.15, 0.2) is 0 Å². The molecular weight excluding hydrogens is 144 g/mol. The van der Waals surface area contributed by atoms with Gasteiger partial charge in [-0.1, -0.05) is 0 Å². The van der Waals surface area contributed by atoms with Crippen LogP contribution in [-0.4, -0.2) is 25.4 Å². The third kappa shape index (κ3) is 5.39. The Hall–Kier alpha value is -1.06. The van der Waals surface area contributed by atoms with Crippen molar-refractivity contribution < 1.29 is 9.59 Å². The highest BCUT2D eigenvalue weighted by atomic mass is 16.2. The van der Waals surface area contributed by atoms with Crippen LogP contribution in [0.4, 0.5) is 0 Å². The van der Waals surface area contributed by atoms with E-state index in [9.17, 15) is 9.59 Å². The number of carbonyl (C=O) groups is 2. The molecule has 0 unspecified atom stereocenters. The first-order chi connectivity index (χ1) is 5.20. The standard InChI is InChI=1S/C7H13N2O2/c1-3-9-7(11)5-4-6(10)8-2/h4H,3,5H2,1-2H3,(H,8,10)(H,9,11). The van der Waals surface area contributed by atoms with Gasteiger partial charge in [-0.05, 0) is 6.92 Å². The quantitative estimate of drug-likeness (QED) is 0.576. The molecule has 63 valence electrons. The van der Waals surface area contributed by atoms with Crippen molar-refractivity contribution in [2.45, 2.75) is 13.3 Å². The van der Waals surface area contributed by atoms with Gasteiger partial charge in [0.25, 0.3) is 0 Å². The predicted octanol–water partition coefficient (Wildman–Crippen LogP) is -0.537. The SMILES string of the molecule is CCNC(=O)C[CH]C(=O)NC. The van der Waals surface area contributed by atoms with Crippen molar-refractivity contribution in [3.63, 3.8) is 0 Å². The summed E-state index contributed by atoms with van der Waals surface area (Å²) < 4.78 is 0. The number of carbonyl (C=O) groups excluding carboxylic acids is 2. The fraction of sp³-hybridized carbons (Fsp3) is 0.571. The van der Waals surface area contributed by atoms with Gasteiger partial charge in [-0.2, -0.15) is 0 Å². The summed E-state index contributed by atoms with van der Waals surface area (Å²) in [5.74, 6) is -0.354.